The van der Waals surface area contributed by atoms with Crippen molar-refractivity contribution in [3.05, 3.63) is 0 Å². The van der Waals surface area contributed by atoms with Crippen LogP contribution in [0.3, 0.4) is 0 Å². The van der Waals surface area contributed by atoms with E-state index < -0.39 is 5.60 Å². The summed E-state index contributed by atoms with van der Waals surface area (Å²) in [4.78, 5) is 16.6. The lowest BCUT2D eigenvalue weighted by Gasteiger charge is -2.38. The zero-order chi connectivity index (χ0) is 16.2. The molecule has 5 heteroatoms. The largest absolute Gasteiger partial charge is 0.444 e. The number of rotatable bonds is 2. The zero-order valence-electron chi connectivity index (χ0n) is 14.5. The van der Waals surface area contributed by atoms with E-state index in [0.29, 0.717) is 12.0 Å². The Morgan fingerprint density at radius 3 is 2.36 bits per heavy atom. The minimum atomic E-state index is -0.407. The third-order valence-corrected chi connectivity index (χ3v) is 4.85. The first-order chi connectivity index (χ1) is 10.4. The van der Waals surface area contributed by atoms with Crippen molar-refractivity contribution in [3.8, 4) is 0 Å². The normalized spacial score (nSPS) is 25.8. The maximum absolute atomic E-state index is 12.1. The molecule has 0 aliphatic carbocycles. The van der Waals surface area contributed by atoms with E-state index in [2.05, 4.69) is 4.90 Å². The molecule has 2 N–H and O–H groups in total. The van der Waals surface area contributed by atoms with Crippen molar-refractivity contribution in [1.82, 2.24) is 9.80 Å². The Hall–Kier alpha value is -0.810. The fourth-order valence-corrected chi connectivity index (χ4v) is 3.53. The zero-order valence-corrected chi connectivity index (χ0v) is 14.5. The highest BCUT2D eigenvalue weighted by atomic mass is 16.6. The van der Waals surface area contributed by atoms with Gasteiger partial charge >= 0.3 is 6.09 Å². The van der Waals surface area contributed by atoms with Crippen molar-refractivity contribution < 1.29 is 9.53 Å². The van der Waals surface area contributed by atoms with Crippen LogP contribution in [0.5, 0.6) is 0 Å². The first-order valence-corrected chi connectivity index (χ1v) is 8.81. The number of hydrogen-bond acceptors (Lipinski definition) is 4. The first-order valence-electron chi connectivity index (χ1n) is 8.81. The molecule has 0 aromatic heterocycles. The van der Waals surface area contributed by atoms with Gasteiger partial charge < -0.3 is 20.3 Å². The molecule has 2 heterocycles. The molecular formula is C17H33N3O2. The summed E-state index contributed by atoms with van der Waals surface area (Å²) in [6.07, 6.45) is 5.71. The number of nitrogens with zero attached hydrogens (tertiary/aromatic N) is 2. The molecule has 1 atom stereocenters. The summed E-state index contributed by atoms with van der Waals surface area (Å²) in [5.74, 6) is 0.701. The van der Waals surface area contributed by atoms with Crippen LogP contribution < -0.4 is 5.73 Å². The van der Waals surface area contributed by atoms with Crippen LogP contribution in [-0.4, -0.2) is 60.3 Å². The van der Waals surface area contributed by atoms with Crippen molar-refractivity contribution in [2.75, 3.05) is 32.7 Å². The highest BCUT2D eigenvalue weighted by molar-refractivity contribution is 5.68. The Morgan fingerprint density at radius 2 is 1.77 bits per heavy atom. The van der Waals surface area contributed by atoms with Gasteiger partial charge in [-0.05, 0) is 78.4 Å². The van der Waals surface area contributed by atoms with Gasteiger partial charge in [0.25, 0.3) is 0 Å². The molecule has 5 nitrogen and oxygen atoms in total. The fourth-order valence-electron chi connectivity index (χ4n) is 3.53. The van der Waals surface area contributed by atoms with Gasteiger partial charge in [0.1, 0.15) is 5.60 Å². The second-order valence-electron chi connectivity index (χ2n) is 7.77. The van der Waals surface area contributed by atoms with Gasteiger partial charge in [0, 0.05) is 19.1 Å². The molecule has 128 valence electrons. The maximum atomic E-state index is 12.1. The maximum Gasteiger partial charge on any atom is 0.410 e. The lowest BCUT2D eigenvalue weighted by Crippen LogP contribution is -2.48. The third-order valence-electron chi connectivity index (χ3n) is 4.85. The van der Waals surface area contributed by atoms with Crippen LogP contribution in [0.25, 0.3) is 0 Å². The van der Waals surface area contributed by atoms with E-state index in [4.69, 9.17) is 10.5 Å². The summed E-state index contributed by atoms with van der Waals surface area (Å²) >= 11 is 0. The molecule has 2 saturated heterocycles. The van der Waals surface area contributed by atoms with E-state index >= 15 is 0 Å². The number of ether oxygens (including phenoxy) is 1. The average molecular weight is 311 g/mol. The van der Waals surface area contributed by atoms with Crippen LogP contribution in [-0.2, 0) is 4.74 Å². The number of piperidine rings is 1. The van der Waals surface area contributed by atoms with Crippen molar-refractivity contribution in [2.24, 2.45) is 11.7 Å². The van der Waals surface area contributed by atoms with E-state index in [9.17, 15) is 4.79 Å². The van der Waals surface area contributed by atoms with E-state index in [-0.39, 0.29) is 6.09 Å². The molecule has 0 aromatic rings. The number of nitrogens with two attached hydrogens (primary N) is 1. The molecule has 0 radical (unpaired) electrons. The number of amides is 1. The molecular weight excluding hydrogens is 278 g/mol. The van der Waals surface area contributed by atoms with E-state index in [1.54, 1.807) is 0 Å². The lowest BCUT2D eigenvalue weighted by molar-refractivity contribution is 0.0144. The van der Waals surface area contributed by atoms with Crippen LogP contribution in [0.2, 0.25) is 0 Å². The van der Waals surface area contributed by atoms with Crippen molar-refractivity contribution in [2.45, 2.75) is 64.5 Å². The van der Waals surface area contributed by atoms with Crippen molar-refractivity contribution in [3.63, 3.8) is 0 Å². The van der Waals surface area contributed by atoms with Gasteiger partial charge in [-0.25, -0.2) is 4.79 Å². The summed E-state index contributed by atoms with van der Waals surface area (Å²) in [6.45, 7) is 10.6. The topological polar surface area (TPSA) is 58.8 Å². The minimum absolute atomic E-state index is 0.162. The van der Waals surface area contributed by atoms with Gasteiger partial charge in [-0.3, -0.25) is 0 Å². The molecule has 0 spiro atoms. The fraction of sp³-hybridized carbons (Fsp3) is 0.941. The van der Waals surface area contributed by atoms with Crippen molar-refractivity contribution >= 4 is 6.09 Å². The van der Waals surface area contributed by atoms with Crippen LogP contribution in [0, 0.1) is 5.92 Å². The summed E-state index contributed by atoms with van der Waals surface area (Å²) < 4.78 is 5.47. The third kappa shape index (κ3) is 5.13. The second-order valence-corrected chi connectivity index (χ2v) is 7.77. The van der Waals surface area contributed by atoms with E-state index in [1.807, 2.05) is 25.7 Å². The van der Waals surface area contributed by atoms with E-state index in [1.165, 1.54) is 32.4 Å². The standard InChI is InChI=1S/C17H33N3O2/c1-17(2,3)22-16(21)20-11-7-15(8-12-20)19-9-4-5-14(13-18)6-10-19/h14-15H,4-13,18H2,1-3H3. The molecule has 0 saturated carbocycles. The van der Waals surface area contributed by atoms with Crippen molar-refractivity contribution in [1.29, 1.82) is 0 Å². The highest BCUT2D eigenvalue weighted by Crippen LogP contribution is 2.23. The summed E-state index contributed by atoms with van der Waals surface area (Å²) in [6, 6.07) is 0.621. The Kier molecular flexibility index (Phi) is 6.09. The predicted octanol–water partition coefficient (Wildman–Crippen LogP) is 2.45. The van der Waals surface area contributed by atoms with Gasteiger partial charge in [-0.15, -0.1) is 0 Å². The van der Waals surface area contributed by atoms with Crippen LogP contribution in [0.1, 0.15) is 52.9 Å². The minimum Gasteiger partial charge on any atom is -0.444 e. The van der Waals surface area contributed by atoms with Crippen LogP contribution in [0.15, 0.2) is 0 Å². The first kappa shape index (κ1) is 17.5. The van der Waals surface area contributed by atoms with Gasteiger partial charge in [0.2, 0.25) is 0 Å². The summed E-state index contributed by atoms with van der Waals surface area (Å²) in [5.41, 5.74) is 5.42. The number of carbonyl (C=O) groups is 1. The molecule has 2 aliphatic heterocycles. The number of hydrogen-bond donors (Lipinski definition) is 1. The van der Waals surface area contributed by atoms with Gasteiger partial charge in [0.15, 0.2) is 0 Å². The molecule has 0 bridgehead atoms. The average Bonchev–Trinajstić information content (AvgIpc) is 2.71. The monoisotopic (exact) mass is 311 g/mol. The van der Waals surface area contributed by atoms with Crippen LogP contribution >= 0.6 is 0 Å². The van der Waals surface area contributed by atoms with E-state index in [0.717, 1.165) is 32.5 Å². The van der Waals surface area contributed by atoms with Gasteiger partial charge in [-0.1, -0.05) is 0 Å². The SMILES string of the molecule is CC(C)(C)OC(=O)N1CCC(N2CCCC(CN)CC2)CC1. The summed E-state index contributed by atoms with van der Waals surface area (Å²) in [7, 11) is 0. The molecule has 1 amide bonds. The lowest BCUT2D eigenvalue weighted by atomic mass is 10.0. The predicted molar refractivity (Wildman–Crippen MR) is 88.8 cm³/mol. The molecule has 22 heavy (non-hydrogen) atoms. The quantitative estimate of drug-likeness (QED) is 0.851. The summed E-state index contributed by atoms with van der Waals surface area (Å²) in [5, 5.41) is 0. The highest BCUT2D eigenvalue weighted by Gasteiger charge is 2.30. The Balaban J connectivity index is 1.78. The van der Waals surface area contributed by atoms with Gasteiger partial charge in [0.05, 0.1) is 0 Å². The molecule has 1 unspecified atom stereocenters. The second kappa shape index (κ2) is 7.64. The molecule has 2 fully saturated rings. The van der Waals surface area contributed by atoms with Gasteiger partial charge in [-0.2, -0.15) is 0 Å². The number of likely N-dealkylation sites (tertiary alicyclic amines) is 2. The molecule has 2 aliphatic rings. The number of carbonyl (C=O) groups excluding carboxylic acids is 1. The smallest absolute Gasteiger partial charge is 0.410 e. The molecule has 0 aromatic carbocycles. The van der Waals surface area contributed by atoms with Crippen LogP contribution in [0.4, 0.5) is 4.79 Å². The Bertz CT molecular complexity index is 359. The molecule has 2 rings (SSSR count). The Morgan fingerprint density at radius 1 is 1.09 bits per heavy atom. The Labute approximate surface area is 135 Å².